The molecule has 0 spiro atoms. The van der Waals surface area contributed by atoms with E-state index in [-0.39, 0.29) is 0 Å². The van der Waals surface area contributed by atoms with E-state index in [0.29, 0.717) is 17.5 Å². The molecule has 13 aromatic rings. The predicted octanol–water partition coefficient (Wildman–Crippen LogP) is 15.1. The smallest absolute Gasteiger partial charge is 0.164 e. The topological polar surface area (TPSA) is 69.9 Å². The van der Waals surface area contributed by atoms with E-state index in [1.165, 1.54) is 10.8 Å². The standard InChI is InChI=1S/C57H34N4O2/c1-2-14-35(15-3-1)55-58-56(36-28-30-40(31-29-36)61-47-22-8-4-16-43(47)44-17-5-9-23-48(44)61)60-57(59-55)39-33-37(41-20-12-26-51-53(41)45-18-6-10-24-49(45)62-51)32-38(34-39)42-21-13-27-52-54(42)46-19-7-11-25-50(46)63-52/h1-34H. The van der Waals surface area contributed by atoms with Crippen LogP contribution in [-0.4, -0.2) is 19.5 Å². The minimum absolute atomic E-state index is 0.571. The zero-order valence-electron chi connectivity index (χ0n) is 33.7. The third-order valence-electron chi connectivity index (χ3n) is 12.2. The molecular formula is C57H34N4O2. The molecule has 0 aliphatic carbocycles. The Morgan fingerprint density at radius 1 is 0.302 bits per heavy atom. The Hall–Kier alpha value is -8.61. The van der Waals surface area contributed by atoms with Gasteiger partial charge in [-0.15, -0.1) is 0 Å². The lowest BCUT2D eigenvalue weighted by Crippen LogP contribution is -2.01. The Bertz CT molecular complexity index is 3730. The molecule has 63 heavy (non-hydrogen) atoms. The summed E-state index contributed by atoms with van der Waals surface area (Å²) in [6.45, 7) is 0. The molecule has 4 aromatic heterocycles. The predicted molar refractivity (Wildman–Crippen MR) is 256 cm³/mol. The molecule has 0 N–H and O–H groups in total. The number of furan rings is 2. The molecule has 4 heterocycles. The third-order valence-corrected chi connectivity index (χ3v) is 12.2. The third kappa shape index (κ3) is 5.69. The highest BCUT2D eigenvalue weighted by molar-refractivity contribution is 6.15. The quantitative estimate of drug-likeness (QED) is 0.167. The van der Waals surface area contributed by atoms with Crippen LogP contribution in [0.2, 0.25) is 0 Å². The lowest BCUT2D eigenvalue weighted by atomic mass is 9.92. The Balaban J connectivity index is 1.03. The second kappa shape index (κ2) is 14.0. The molecule has 0 saturated carbocycles. The molecule has 0 bridgehead atoms. The summed E-state index contributed by atoms with van der Waals surface area (Å²) in [5.41, 5.74) is 13.6. The van der Waals surface area contributed by atoms with E-state index in [1.54, 1.807) is 0 Å². The molecule has 6 nitrogen and oxygen atoms in total. The molecule has 0 unspecified atom stereocenters. The van der Waals surface area contributed by atoms with Crippen molar-refractivity contribution >= 4 is 65.7 Å². The molecule has 0 amide bonds. The summed E-state index contributed by atoms with van der Waals surface area (Å²) >= 11 is 0. The van der Waals surface area contributed by atoms with Crippen LogP contribution in [0.3, 0.4) is 0 Å². The first kappa shape index (κ1) is 35.2. The van der Waals surface area contributed by atoms with Crippen LogP contribution in [0.25, 0.3) is 128 Å². The van der Waals surface area contributed by atoms with Crippen LogP contribution < -0.4 is 0 Å². The fraction of sp³-hybridized carbons (Fsp3) is 0. The molecule has 0 aliphatic rings. The average Bonchev–Trinajstić information content (AvgIpc) is 4.04. The van der Waals surface area contributed by atoms with Crippen LogP contribution in [0, 0.1) is 0 Å². The number of benzene rings is 9. The van der Waals surface area contributed by atoms with Crippen molar-refractivity contribution in [1.82, 2.24) is 19.5 Å². The normalized spacial score (nSPS) is 11.8. The largest absolute Gasteiger partial charge is 0.456 e. The summed E-state index contributed by atoms with van der Waals surface area (Å²) in [4.78, 5) is 15.7. The molecule has 0 aliphatic heterocycles. The molecule has 9 aromatic carbocycles. The van der Waals surface area contributed by atoms with E-state index in [4.69, 9.17) is 23.8 Å². The zero-order valence-corrected chi connectivity index (χ0v) is 33.7. The molecular weight excluding hydrogens is 773 g/mol. The zero-order chi connectivity index (χ0) is 41.4. The second-order valence-electron chi connectivity index (χ2n) is 15.9. The van der Waals surface area contributed by atoms with Gasteiger partial charge in [-0.3, -0.25) is 0 Å². The van der Waals surface area contributed by atoms with Gasteiger partial charge in [0.05, 0.1) is 11.0 Å². The first-order valence-electron chi connectivity index (χ1n) is 21.1. The van der Waals surface area contributed by atoms with Crippen molar-refractivity contribution in [2.45, 2.75) is 0 Å². The number of fused-ring (bicyclic) bond motifs is 9. The summed E-state index contributed by atoms with van der Waals surface area (Å²) in [7, 11) is 0. The summed E-state index contributed by atoms with van der Waals surface area (Å²) in [6, 6.07) is 71.5. The van der Waals surface area contributed by atoms with Gasteiger partial charge in [0, 0.05) is 54.7 Å². The number of para-hydroxylation sites is 4. The van der Waals surface area contributed by atoms with Crippen LogP contribution in [-0.2, 0) is 0 Å². The maximum Gasteiger partial charge on any atom is 0.164 e. The van der Waals surface area contributed by atoms with Crippen molar-refractivity contribution in [2.24, 2.45) is 0 Å². The molecule has 0 radical (unpaired) electrons. The Morgan fingerprint density at radius 2 is 0.714 bits per heavy atom. The van der Waals surface area contributed by atoms with Crippen molar-refractivity contribution < 1.29 is 8.83 Å². The van der Waals surface area contributed by atoms with Crippen molar-refractivity contribution in [3.63, 3.8) is 0 Å². The van der Waals surface area contributed by atoms with Gasteiger partial charge in [-0.05, 0) is 101 Å². The maximum atomic E-state index is 6.40. The summed E-state index contributed by atoms with van der Waals surface area (Å²) in [6.07, 6.45) is 0. The van der Waals surface area contributed by atoms with E-state index >= 15 is 0 Å². The Labute approximate surface area is 361 Å². The van der Waals surface area contributed by atoms with Crippen LogP contribution >= 0.6 is 0 Å². The van der Waals surface area contributed by atoms with Gasteiger partial charge >= 0.3 is 0 Å². The van der Waals surface area contributed by atoms with E-state index in [2.05, 4.69) is 144 Å². The Morgan fingerprint density at radius 3 is 1.25 bits per heavy atom. The van der Waals surface area contributed by atoms with Crippen molar-refractivity contribution in [3.05, 3.63) is 206 Å². The molecule has 294 valence electrons. The van der Waals surface area contributed by atoms with Crippen molar-refractivity contribution in [2.75, 3.05) is 0 Å². The van der Waals surface area contributed by atoms with E-state index in [0.717, 1.165) is 99.5 Å². The highest BCUT2D eigenvalue weighted by atomic mass is 16.3. The van der Waals surface area contributed by atoms with E-state index in [1.807, 2.05) is 66.7 Å². The molecule has 6 heteroatoms. The number of hydrogen-bond donors (Lipinski definition) is 0. The van der Waals surface area contributed by atoms with Gasteiger partial charge in [0.2, 0.25) is 0 Å². The fourth-order valence-electron chi connectivity index (χ4n) is 9.41. The summed E-state index contributed by atoms with van der Waals surface area (Å²) in [5, 5.41) is 6.71. The van der Waals surface area contributed by atoms with Crippen molar-refractivity contribution in [1.29, 1.82) is 0 Å². The van der Waals surface area contributed by atoms with Crippen molar-refractivity contribution in [3.8, 4) is 62.1 Å². The average molecular weight is 807 g/mol. The highest BCUT2D eigenvalue weighted by Crippen LogP contribution is 2.43. The van der Waals surface area contributed by atoms with Gasteiger partial charge in [0.1, 0.15) is 22.3 Å². The first-order valence-corrected chi connectivity index (χ1v) is 21.1. The summed E-state index contributed by atoms with van der Waals surface area (Å²) < 4.78 is 15.1. The number of rotatable bonds is 6. The van der Waals surface area contributed by atoms with Crippen LogP contribution in [0.1, 0.15) is 0 Å². The second-order valence-corrected chi connectivity index (χ2v) is 15.9. The van der Waals surface area contributed by atoms with E-state index in [9.17, 15) is 0 Å². The molecule has 0 atom stereocenters. The maximum absolute atomic E-state index is 6.40. The fourth-order valence-corrected chi connectivity index (χ4v) is 9.41. The van der Waals surface area contributed by atoms with E-state index < -0.39 is 0 Å². The number of aromatic nitrogens is 4. The molecule has 0 fully saturated rings. The SMILES string of the molecule is c1ccc(-c2nc(-c3ccc(-n4c5ccccc5c5ccccc54)cc3)nc(-c3cc(-c4cccc5oc6ccccc6c45)cc(-c4cccc5oc6ccccc6c45)c3)n2)cc1. The van der Waals surface area contributed by atoms with Gasteiger partial charge in [-0.1, -0.05) is 127 Å². The number of nitrogens with zero attached hydrogens (tertiary/aromatic N) is 4. The molecule has 13 rings (SSSR count). The lowest BCUT2D eigenvalue weighted by Gasteiger charge is -2.14. The minimum atomic E-state index is 0.571. The highest BCUT2D eigenvalue weighted by Gasteiger charge is 2.20. The Kier molecular flexibility index (Phi) is 7.80. The summed E-state index contributed by atoms with van der Waals surface area (Å²) in [5.74, 6) is 1.76. The van der Waals surface area contributed by atoms with Crippen LogP contribution in [0.5, 0.6) is 0 Å². The minimum Gasteiger partial charge on any atom is -0.456 e. The molecule has 0 saturated heterocycles. The first-order chi connectivity index (χ1) is 31.2. The van der Waals surface area contributed by atoms with Gasteiger partial charge < -0.3 is 13.4 Å². The van der Waals surface area contributed by atoms with Gasteiger partial charge in [0.25, 0.3) is 0 Å². The number of hydrogen-bond acceptors (Lipinski definition) is 5. The monoisotopic (exact) mass is 806 g/mol. The van der Waals surface area contributed by atoms with Crippen LogP contribution in [0.15, 0.2) is 215 Å². The van der Waals surface area contributed by atoms with Gasteiger partial charge in [-0.2, -0.15) is 0 Å². The van der Waals surface area contributed by atoms with Gasteiger partial charge in [0.15, 0.2) is 17.5 Å². The van der Waals surface area contributed by atoms with Crippen LogP contribution in [0.4, 0.5) is 0 Å². The van der Waals surface area contributed by atoms with Gasteiger partial charge in [-0.25, -0.2) is 15.0 Å². The lowest BCUT2D eigenvalue weighted by molar-refractivity contribution is 0.668.